The quantitative estimate of drug-likeness (QED) is 0.467. The first kappa shape index (κ1) is 20.1. The molecule has 4 nitrogen and oxygen atoms in total. The molecular weight excluding hydrogens is 364 g/mol. The van der Waals surface area contributed by atoms with E-state index in [4.69, 9.17) is 14.2 Å². The average Bonchev–Trinajstić information content (AvgIpc) is 3.28. The molecule has 7 atom stereocenters. The molecule has 0 aromatic carbocycles. The molecule has 0 bridgehead atoms. The van der Waals surface area contributed by atoms with Gasteiger partial charge in [0, 0.05) is 18.8 Å². The number of fused-ring (bicyclic) bond motifs is 6. The van der Waals surface area contributed by atoms with E-state index in [1.165, 1.54) is 39.0 Å². The average molecular weight is 403 g/mol. The minimum atomic E-state index is -0.449. The van der Waals surface area contributed by atoms with E-state index < -0.39 is 5.60 Å². The second kappa shape index (κ2) is 6.56. The fourth-order valence-electron chi connectivity index (χ4n) is 8.75. The maximum absolute atomic E-state index is 11.7. The third-order valence-corrected chi connectivity index (χ3v) is 10.3. The number of hydrogen-bond acceptors (Lipinski definition) is 4. The maximum atomic E-state index is 11.7. The zero-order chi connectivity index (χ0) is 20.5. The van der Waals surface area contributed by atoms with Crippen molar-refractivity contribution in [2.24, 2.45) is 34.5 Å². The second-order valence-electron chi connectivity index (χ2n) is 11.2. The highest BCUT2D eigenvalue weighted by Gasteiger charge is 2.67. The number of hydrogen-bond donors (Lipinski definition) is 0. The summed E-state index contributed by atoms with van der Waals surface area (Å²) in [5, 5.41) is 0. The number of ether oxygens (including phenoxy) is 3. The van der Waals surface area contributed by atoms with Crippen LogP contribution in [0.4, 0.5) is 0 Å². The molecule has 4 heteroatoms. The molecule has 1 aliphatic heterocycles. The van der Waals surface area contributed by atoms with Gasteiger partial charge in [0.15, 0.2) is 5.79 Å². The molecule has 162 valence electrons. The van der Waals surface area contributed by atoms with Crippen molar-refractivity contribution in [2.75, 3.05) is 13.2 Å². The molecule has 0 unspecified atom stereocenters. The highest BCUT2D eigenvalue weighted by Crippen LogP contribution is 2.70. The lowest BCUT2D eigenvalue weighted by atomic mass is 9.44. The second-order valence-corrected chi connectivity index (χ2v) is 11.2. The topological polar surface area (TPSA) is 44.8 Å². The molecule has 0 aromatic heterocycles. The van der Waals surface area contributed by atoms with Gasteiger partial charge in [0.2, 0.25) is 0 Å². The molecular formula is C25H38O4. The lowest BCUT2D eigenvalue weighted by molar-refractivity contribution is -0.248. The van der Waals surface area contributed by atoms with Crippen LogP contribution in [0.25, 0.3) is 0 Å². The zero-order valence-electron chi connectivity index (χ0n) is 18.5. The summed E-state index contributed by atoms with van der Waals surface area (Å²) in [7, 11) is 0. The predicted molar refractivity (Wildman–Crippen MR) is 111 cm³/mol. The number of esters is 1. The van der Waals surface area contributed by atoms with Gasteiger partial charge in [-0.2, -0.15) is 0 Å². The van der Waals surface area contributed by atoms with Gasteiger partial charge in [-0.05, 0) is 86.5 Å². The Labute approximate surface area is 175 Å². The van der Waals surface area contributed by atoms with Gasteiger partial charge in [0.05, 0.1) is 13.2 Å². The molecule has 29 heavy (non-hydrogen) atoms. The number of carbonyl (C=O) groups excluding carboxylic acids is 1. The van der Waals surface area contributed by atoms with Crippen LogP contribution in [0, 0.1) is 34.5 Å². The van der Waals surface area contributed by atoms with Crippen LogP contribution in [0.3, 0.4) is 0 Å². The lowest BCUT2D eigenvalue weighted by Crippen LogP contribution is -2.58. The van der Waals surface area contributed by atoms with Crippen LogP contribution in [0.5, 0.6) is 0 Å². The molecule has 5 rings (SSSR count). The molecule has 1 saturated heterocycles. The fourth-order valence-corrected chi connectivity index (χ4v) is 8.75. The molecule has 1 spiro atoms. The third-order valence-electron chi connectivity index (χ3n) is 10.3. The molecule has 0 N–H and O–H groups in total. The molecule has 1 heterocycles. The Bertz CT molecular complexity index is 697. The lowest BCUT2D eigenvalue weighted by Gasteiger charge is -2.62. The van der Waals surface area contributed by atoms with E-state index in [0.29, 0.717) is 11.3 Å². The van der Waals surface area contributed by atoms with E-state index in [2.05, 4.69) is 20.4 Å². The summed E-state index contributed by atoms with van der Waals surface area (Å²) in [6, 6.07) is 0. The van der Waals surface area contributed by atoms with Gasteiger partial charge in [-0.3, -0.25) is 4.79 Å². The van der Waals surface area contributed by atoms with Crippen LogP contribution < -0.4 is 0 Å². The van der Waals surface area contributed by atoms with Crippen LogP contribution in [-0.2, 0) is 19.0 Å². The first-order valence-electron chi connectivity index (χ1n) is 11.9. The maximum Gasteiger partial charge on any atom is 0.303 e. The van der Waals surface area contributed by atoms with E-state index in [9.17, 15) is 4.79 Å². The standard InChI is InChI=1S/C25H38O4/c1-5-24(29-17(2)26)13-12-22(3)18(16-24)6-7-19-20(22)8-10-23(4)21(19)9-11-25(23)27-14-15-28-25/h5,18-21H,1,6-16H2,2-4H3/t18-,19+,20-,21+,22-,23-,24+/m0/s1. The Hall–Kier alpha value is -0.870. The normalized spacial score (nSPS) is 50.4. The highest BCUT2D eigenvalue weighted by atomic mass is 16.7. The monoisotopic (exact) mass is 402 g/mol. The van der Waals surface area contributed by atoms with Crippen LogP contribution in [-0.4, -0.2) is 30.6 Å². The molecule has 0 aromatic rings. The summed E-state index contributed by atoms with van der Waals surface area (Å²) in [5.41, 5.74) is 0.0736. The van der Waals surface area contributed by atoms with Crippen LogP contribution in [0.15, 0.2) is 12.7 Å². The SMILES string of the molecule is C=C[C@@]1(OC(C)=O)CC[C@@]2(C)[C@@H](CC[C@H]3[C@H]4CCC5(OCCO5)[C@@]4(C)CC[C@@H]32)C1. The van der Waals surface area contributed by atoms with E-state index in [1.54, 1.807) is 0 Å². The number of carbonyl (C=O) groups is 1. The van der Waals surface area contributed by atoms with Crippen LogP contribution in [0.2, 0.25) is 0 Å². The van der Waals surface area contributed by atoms with Crippen LogP contribution in [0.1, 0.15) is 78.6 Å². The van der Waals surface area contributed by atoms with Crippen molar-refractivity contribution in [1.82, 2.24) is 0 Å². The molecule has 5 fully saturated rings. The largest absolute Gasteiger partial charge is 0.455 e. The van der Waals surface area contributed by atoms with Crippen molar-refractivity contribution in [3.63, 3.8) is 0 Å². The van der Waals surface area contributed by atoms with E-state index >= 15 is 0 Å². The Morgan fingerprint density at radius 2 is 1.72 bits per heavy atom. The summed E-state index contributed by atoms with van der Waals surface area (Å²) in [4.78, 5) is 11.7. The van der Waals surface area contributed by atoms with Crippen molar-refractivity contribution in [3.8, 4) is 0 Å². The molecule has 4 saturated carbocycles. The highest BCUT2D eigenvalue weighted by molar-refractivity contribution is 5.66. The van der Waals surface area contributed by atoms with Gasteiger partial charge in [-0.1, -0.05) is 20.4 Å². The summed E-state index contributed by atoms with van der Waals surface area (Å²) in [6.07, 6.45) is 12.3. The van der Waals surface area contributed by atoms with Crippen LogP contribution >= 0.6 is 0 Å². The Morgan fingerprint density at radius 1 is 1.00 bits per heavy atom. The molecule has 5 aliphatic rings. The first-order chi connectivity index (χ1) is 13.8. The Morgan fingerprint density at radius 3 is 2.41 bits per heavy atom. The Kier molecular flexibility index (Phi) is 4.54. The number of rotatable bonds is 2. The minimum Gasteiger partial charge on any atom is -0.455 e. The molecule has 0 radical (unpaired) electrons. The Balaban J connectivity index is 1.39. The van der Waals surface area contributed by atoms with E-state index in [1.807, 2.05) is 6.08 Å². The van der Waals surface area contributed by atoms with Gasteiger partial charge in [-0.15, -0.1) is 0 Å². The summed E-state index contributed by atoms with van der Waals surface area (Å²) in [5.74, 6) is 2.41. The fraction of sp³-hybridized carbons (Fsp3) is 0.880. The van der Waals surface area contributed by atoms with Gasteiger partial charge in [0.25, 0.3) is 0 Å². The van der Waals surface area contributed by atoms with Gasteiger partial charge < -0.3 is 14.2 Å². The smallest absolute Gasteiger partial charge is 0.303 e. The molecule has 4 aliphatic carbocycles. The van der Waals surface area contributed by atoms with E-state index in [0.717, 1.165) is 56.7 Å². The van der Waals surface area contributed by atoms with Crippen molar-refractivity contribution in [3.05, 3.63) is 12.7 Å². The van der Waals surface area contributed by atoms with Crippen molar-refractivity contribution in [2.45, 2.75) is 89.9 Å². The van der Waals surface area contributed by atoms with Gasteiger partial charge in [0.1, 0.15) is 5.60 Å². The van der Waals surface area contributed by atoms with Crippen molar-refractivity contribution < 1.29 is 19.0 Å². The summed E-state index contributed by atoms with van der Waals surface area (Å²) >= 11 is 0. The van der Waals surface area contributed by atoms with Crippen molar-refractivity contribution >= 4 is 5.97 Å². The zero-order valence-corrected chi connectivity index (χ0v) is 18.5. The minimum absolute atomic E-state index is 0.172. The summed E-state index contributed by atoms with van der Waals surface area (Å²) in [6.45, 7) is 12.1. The van der Waals surface area contributed by atoms with Gasteiger partial charge >= 0.3 is 5.97 Å². The third kappa shape index (κ3) is 2.67. The van der Waals surface area contributed by atoms with Gasteiger partial charge in [-0.25, -0.2) is 0 Å². The summed E-state index contributed by atoms with van der Waals surface area (Å²) < 4.78 is 18.4. The molecule has 0 amide bonds. The predicted octanol–water partition coefficient (Wildman–Crippen LogP) is 5.26. The van der Waals surface area contributed by atoms with E-state index in [-0.39, 0.29) is 17.2 Å². The first-order valence-corrected chi connectivity index (χ1v) is 11.9. The van der Waals surface area contributed by atoms with Crippen molar-refractivity contribution in [1.29, 1.82) is 0 Å².